The predicted molar refractivity (Wildman–Crippen MR) is 90.5 cm³/mol. The first-order chi connectivity index (χ1) is 12.3. The highest BCUT2D eigenvalue weighted by Crippen LogP contribution is 2.35. The highest BCUT2D eigenvalue weighted by Gasteiger charge is 2.37. The Morgan fingerprint density at radius 3 is 2.56 bits per heavy atom. The summed E-state index contributed by atoms with van der Waals surface area (Å²) in [5.41, 5.74) is 1.63. The van der Waals surface area contributed by atoms with E-state index < -0.39 is 12.4 Å². The number of carbonyl (C=O) groups is 1. The molecule has 6 nitrogen and oxygen atoms in total. The third-order valence-electron chi connectivity index (χ3n) is 4.17. The van der Waals surface area contributed by atoms with E-state index in [4.69, 9.17) is 18.9 Å². The van der Waals surface area contributed by atoms with Crippen molar-refractivity contribution in [2.75, 3.05) is 24.7 Å². The Kier molecular flexibility index (Phi) is 4.54. The fraction of sp³-hybridized carbons (Fsp3) is 0.316. The average molecular weight is 341 g/mol. The minimum atomic E-state index is -0.474. The lowest BCUT2D eigenvalue weighted by atomic mass is 10.2. The molecule has 0 saturated carbocycles. The Balaban J connectivity index is 1.51. The van der Waals surface area contributed by atoms with Gasteiger partial charge in [-0.15, -0.1) is 0 Å². The average Bonchev–Trinajstić information content (AvgIpc) is 3.21. The SMILES string of the molecule is O=C(OCc1ccccc1)N1C[C@H](C2OCCO2)Oc2ccccc21. The molecule has 0 radical (unpaired) electrons. The number of hydrogen-bond donors (Lipinski definition) is 0. The highest BCUT2D eigenvalue weighted by molar-refractivity contribution is 5.90. The maximum Gasteiger partial charge on any atom is 0.414 e. The van der Waals surface area contributed by atoms with Gasteiger partial charge in [0.05, 0.1) is 25.4 Å². The van der Waals surface area contributed by atoms with Gasteiger partial charge in [0.25, 0.3) is 0 Å². The lowest BCUT2D eigenvalue weighted by molar-refractivity contribution is -0.109. The van der Waals surface area contributed by atoms with Crippen molar-refractivity contribution in [3.05, 3.63) is 60.2 Å². The normalized spacial score (nSPS) is 20.0. The van der Waals surface area contributed by atoms with Gasteiger partial charge in [-0.25, -0.2) is 4.79 Å². The molecule has 130 valence electrons. The number of anilines is 1. The van der Waals surface area contributed by atoms with E-state index in [0.717, 1.165) is 5.56 Å². The van der Waals surface area contributed by atoms with Crippen LogP contribution in [-0.4, -0.2) is 38.2 Å². The fourth-order valence-electron chi connectivity index (χ4n) is 2.96. The number of benzene rings is 2. The molecule has 0 aliphatic carbocycles. The second kappa shape index (κ2) is 7.13. The van der Waals surface area contributed by atoms with Crippen LogP contribution in [0.25, 0.3) is 0 Å². The summed E-state index contributed by atoms with van der Waals surface area (Å²) in [6.45, 7) is 1.60. The van der Waals surface area contributed by atoms with Crippen LogP contribution in [0.2, 0.25) is 0 Å². The maximum absolute atomic E-state index is 12.7. The number of amides is 1. The quantitative estimate of drug-likeness (QED) is 0.859. The van der Waals surface area contributed by atoms with Gasteiger partial charge in [0, 0.05) is 0 Å². The first kappa shape index (κ1) is 15.9. The van der Waals surface area contributed by atoms with Crippen LogP contribution in [0.1, 0.15) is 5.56 Å². The third-order valence-corrected chi connectivity index (χ3v) is 4.17. The Hall–Kier alpha value is -2.57. The van der Waals surface area contributed by atoms with Crippen molar-refractivity contribution in [3.8, 4) is 5.75 Å². The minimum Gasteiger partial charge on any atom is -0.481 e. The first-order valence-corrected chi connectivity index (χ1v) is 8.28. The van der Waals surface area contributed by atoms with E-state index in [1.807, 2.05) is 54.6 Å². The molecule has 0 unspecified atom stereocenters. The third kappa shape index (κ3) is 3.45. The number of nitrogens with zero attached hydrogens (tertiary/aromatic N) is 1. The molecule has 25 heavy (non-hydrogen) atoms. The standard InChI is InChI=1S/C19H19NO5/c21-19(24-13-14-6-2-1-3-7-14)20-12-17(18-22-10-11-23-18)25-16-9-5-4-8-15(16)20/h1-9,17-18H,10-13H2/t17-/m1/s1. The zero-order chi connectivity index (χ0) is 17.1. The smallest absolute Gasteiger partial charge is 0.414 e. The molecule has 2 aromatic carbocycles. The molecule has 1 atom stereocenters. The van der Waals surface area contributed by atoms with Crippen molar-refractivity contribution in [1.29, 1.82) is 0 Å². The molecule has 2 aliphatic rings. The topological polar surface area (TPSA) is 57.2 Å². The molecule has 4 rings (SSSR count). The van der Waals surface area contributed by atoms with Crippen molar-refractivity contribution in [3.63, 3.8) is 0 Å². The van der Waals surface area contributed by atoms with Crippen LogP contribution < -0.4 is 9.64 Å². The second-order valence-corrected chi connectivity index (χ2v) is 5.88. The van der Waals surface area contributed by atoms with Gasteiger partial charge in [-0.2, -0.15) is 0 Å². The van der Waals surface area contributed by atoms with Crippen LogP contribution >= 0.6 is 0 Å². The monoisotopic (exact) mass is 341 g/mol. The zero-order valence-corrected chi connectivity index (χ0v) is 13.7. The number of carbonyl (C=O) groups excluding carboxylic acids is 1. The number of ether oxygens (including phenoxy) is 4. The van der Waals surface area contributed by atoms with E-state index in [0.29, 0.717) is 31.2 Å². The number of para-hydroxylation sites is 2. The summed E-state index contributed by atoms with van der Waals surface area (Å²) in [6, 6.07) is 17.0. The molecule has 0 spiro atoms. The molecular weight excluding hydrogens is 322 g/mol. The summed E-state index contributed by atoms with van der Waals surface area (Å²) in [5.74, 6) is 0.620. The van der Waals surface area contributed by atoms with E-state index in [1.54, 1.807) is 4.90 Å². The fourth-order valence-corrected chi connectivity index (χ4v) is 2.96. The number of fused-ring (bicyclic) bond motifs is 1. The van der Waals surface area contributed by atoms with Crippen LogP contribution in [0, 0.1) is 0 Å². The van der Waals surface area contributed by atoms with Crippen LogP contribution in [0.15, 0.2) is 54.6 Å². The van der Waals surface area contributed by atoms with Gasteiger partial charge >= 0.3 is 6.09 Å². The summed E-state index contributed by atoms with van der Waals surface area (Å²) in [6.07, 6.45) is -1.28. The minimum absolute atomic E-state index is 0.223. The molecular formula is C19H19NO5. The van der Waals surface area contributed by atoms with Crippen molar-refractivity contribution in [2.24, 2.45) is 0 Å². The molecule has 2 heterocycles. The molecule has 2 aliphatic heterocycles. The molecule has 0 aromatic heterocycles. The molecule has 0 bridgehead atoms. The molecule has 6 heteroatoms. The van der Waals surface area contributed by atoms with Crippen LogP contribution in [0.3, 0.4) is 0 Å². The Morgan fingerprint density at radius 2 is 1.76 bits per heavy atom. The van der Waals surface area contributed by atoms with Gasteiger partial charge in [0.2, 0.25) is 0 Å². The Bertz CT molecular complexity index is 730. The van der Waals surface area contributed by atoms with Gasteiger partial charge in [0.1, 0.15) is 12.4 Å². The summed E-state index contributed by atoms with van der Waals surface area (Å²) in [4.78, 5) is 14.2. The molecule has 1 fully saturated rings. The van der Waals surface area contributed by atoms with E-state index in [2.05, 4.69) is 0 Å². The van der Waals surface area contributed by atoms with Gasteiger partial charge in [0.15, 0.2) is 12.4 Å². The van der Waals surface area contributed by atoms with Crippen LogP contribution in [0.5, 0.6) is 5.75 Å². The van der Waals surface area contributed by atoms with Crippen LogP contribution in [-0.2, 0) is 20.8 Å². The van der Waals surface area contributed by atoms with Gasteiger partial charge < -0.3 is 18.9 Å². The Morgan fingerprint density at radius 1 is 1.04 bits per heavy atom. The first-order valence-electron chi connectivity index (χ1n) is 8.28. The highest BCUT2D eigenvalue weighted by atomic mass is 16.7. The van der Waals surface area contributed by atoms with Gasteiger partial charge in [-0.3, -0.25) is 4.90 Å². The second-order valence-electron chi connectivity index (χ2n) is 5.88. The maximum atomic E-state index is 12.7. The largest absolute Gasteiger partial charge is 0.481 e. The van der Waals surface area contributed by atoms with Crippen molar-refractivity contribution in [2.45, 2.75) is 19.0 Å². The lowest BCUT2D eigenvalue weighted by Crippen LogP contribution is -2.49. The van der Waals surface area contributed by atoms with E-state index in [1.165, 1.54) is 0 Å². The van der Waals surface area contributed by atoms with E-state index in [-0.39, 0.29) is 12.7 Å². The van der Waals surface area contributed by atoms with Crippen molar-refractivity contribution >= 4 is 11.8 Å². The Labute approximate surface area is 145 Å². The number of rotatable bonds is 3. The zero-order valence-electron chi connectivity index (χ0n) is 13.7. The summed E-state index contributed by atoms with van der Waals surface area (Å²) in [5, 5.41) is 0. The summed E-state index contributed by atoms with van der Waals surface area (Å²) >= 11 is 0. The van der Waals surface area contributed by atoms with E-state index in [9.17, 15) is 4.79 Å². The van der Waals surface area contributed by atoms with Gasteiger partial charge in [-0.1, -0.05) is 42.5 Å². The molecule has 0 N–H and O–H groups in total. The van der Waals surface area contributed by atoms with Gasteiger partial charge in [-0.05, 0) is 17.7 Å². The van der Waals surface area contributed by atoms with Crippen molar-refractivity contribution in [1.82, 2.24) is 0 Å². The van der Waals surface area contributed by atoms with Crippen molar-refractivity contribution < 1.29 is 23.7 Å². The van der Waals surface area contributed by atoms with E-state index >= 15 is 0 Å². The molecule has 1 amide bonds. The summed E-state index contributed by atoms with van der Waals surface area (Å²) < 4.78 is 22.5. The number of hydrogen-bond acceptors (Lipinski definition) is 5. The lowest BCUT2D eigenvalue weighted by Gasteiger charge is -2.35. The molecule has 1 saturated heterocycles. The summed E-state index contributed by atoms with van der Waals surface area (Å²) in [7, 11) is 0. The predicted octanol–water partition coefficient (Wildman–Crippen LogP) is 2.96. The van der Waals surface area contributed by atoms with Crippen LogP contribution in [0.4, 0.5) is 10.5 Å². The molecule has 2 aromatic rings.